The molecule has 1 aliphatic carbocycles. The second kappa shape index (κ2) is 11.3. The van der Waals surface area contributed by atoms with Gasteiger partial charge in [0.1, 0.15) is 0 Å². The van der Waals surface area contributed by atoms with Gasteiger partial charge in [-0.25, -0.2) is 0 Å². The van der Waals surface area contributed by atoms with Crippen molar-refractivity contribution in [2.45, 2.75) is 32.6 Å². The molecule has 0 spiro atoms. The molecule has 0 saturated heterocycles. The van der Waals surface area contributed by atoms with E-state index in [9.17, 15) is 0 Å². The van der Waals surface area contributed by atoms with Gasteiger partial charge >= 0.3 is 78.3 Å². The van der Waals surface area contributed by atoms with Crippen molar-refractivity contribution in [2.24, 2.45) is 0 Å². The summed E-state index contributed by atoms with van der Waals surface area (Å²) in [6, 6.07) is 0. The van der Waals surface area contributed by atoms with Gasteiger partial charge in [-0.05, 0) is 0 Å². The van der Waals surface area contributed by atoms with Crippen molar-refractivity contribution >= 4 is 0 Å². The van der Waals surface area contributed by atoms with Gasteiger partial charge in [-0.15, -0.1) is 0 Å². The third-order valence-electron chi connectivity index (χ3n) is 1.83. The van der Waals surface area contributed by atoms with E-state index < -0.39 is 0 Å². The normalized spacial score (nSPS) is 13.2. The van der Waals surface area contributed by atoms with Crippen LogP contribution in [0.15, 0.2) is 21.0 Å². The Morgan fingerprint density at radius 2 is 1.92 bits per heavy atom. The Balaban J connectivity index is -0.000000333. The zero-order valence-corrected chi connectivity index (χ0v) is 12.3. The Labute approximate surface area is 115 Å². The van der Waals surface area contributed by atoms with Gasteiger partial charge < -0.3 is 37.2 Å². The SMILES string of the molecule is CCCCC1=[C]([Zr+3])CC=C1.[Cl-].[Cl-].[Cl-]. The number of rotatable bonds is 3. The maximum absolute atomic E-state index is 2.31. The molecule has 0 aromatic carbocycles. The molecule has 0 aromatic rings. The van der Waals surface area contributed by atoms with Crippen molar-refractivity contribution in [3.05, 3.63) is 21.0 Å². The monoisotopic (exact) mass is 316 g/mol. The largest absolute Gasteiger partial charge is 1.00 e. The van der Waals surface area contributed by atoms with Gasteiger partial charge in [0, 0.05) is 0 Å². The molecule has 0 bridgehead atoms. The molecular formula is C9H13Cl3Zr. The molecule has 0 unspecified atom stereocenters. The van der Waals surface area contributed by atoms with Crippen LogP contribution in [0, 0.1) is 0 Å². The Hall–Kier alpha value is 1.23. The van der Waals surface area contributed by atoms with E-state index in [1.54, 1.807) is 33.6 Å². The van der Waals surface area contributed by atoms with Gasteiger partial charge in [-0.1, -0.05) is 0 Å². The molecule has 0 aromatic heterocycles. The number of allylic oxidation sites excluding steroid dienone is 4. The predicted octanol–water partition coefficient (Wildman–Crippen LogP) is -6.05. The molecule has 1 rings (SSSR count). The smallest absolute Gasteiger partial charge is 1.00 e. The summed E-state index contributed by atoms with van der Waals surface area (Å²) in [5, 5.41) is 0. The molecule has 0 aliphatic heterocycles. The predicted molar refractivity (Wildman–Crippen MR) is 40.3 cm³/mol. The maximum atomic E-state index is 2.31. The van der Waals surface area contributed by atoms with E-state index in [1.165, 1.54) is 25.7 Å². The summed E-state index contributed by atoms with van der Waals surface area (Å²) in [6.45, 7) is 2.25. The van der Waals surface area contributed by atoms with E-state index in [2.05, 4.69) is 19.1 Å². The second-order valence-electron chi connectivity index (χ2n) is 2.71. The summed E-state index contributed by atoms with van der Waals surface area (Å²) in [5.41, 5.74) is 1.63. The summed E-state index contributed by atoms with van der Waals surface area (Å²) in [5.74, 6) is 0. The van der Waals surface area contributed by atoms with Gasteiger partial charge in [0.2, 0.25) is 0 Å². The first-order valence-electron chi connectivity index (χ1n) is 3.94. The van der Waals surface area contributed by atoms with Crippen LogP contribution >= 0.6 is 0 Å². The Morgan fingerprint density at radius 3 is 2.31 bits per heavy atom. The number of hydrogen-bond donors (Lipinski definition) is 0. The van der Waals surface area contributed by atoms with Crippen LogP contribution < -0.4 is 37.2 Å². The molecule has 0 fully saturated rings. The first-order valence-corrected chi connectivity index (χ1v) is 5.17. The Bertz CT molecular complexity index is 176. The fraction of sp³-hybridized carbons (Fsp3) is 0.556. The molecule has 74 valence electrons. The zero-order valence-electron chi connectivity index (χ0n) is 7.62. The number of halogens is 3. The van der Waals surface area contributed by atoms with E-state index in [1.807, 2.05) is 0 Å². The van der Waals surface area contributed by atoms with Crippen LogP contribution in [0.2, 0.25) is 0 Å². The van der Waals surface area contributed by atoms with Crippen LogP contribution in [0.3, 0.4) is 0 Å². The van der Waals surface area contributed by atoms with Crippen molar-refractivity contribution in [1.82, 2.24) is 0 Å². The third kappa shape index (κ3) is 7.20. The van der Waals surface area contributed by atoms with Crippen molar-refractivity contribution < 1.29 is 61.9 Å². The van der Waals surface area contributed by atoms with E-state index in [4.69, 9.17) is 0 Å². The first-order chi connectivity index (χ1) is 4.84. The molecule has 0 saturated carbocycles. The van der Waals surface area contributed by atoms with E-state index >= 15 is 0 Å². The number of hydrogen-bond acceptors (Lipinski definition) is 0. The molecule has 1 aliphatic rings. The average molecular weight is 319 g/mol. The fourth-order valence-corrected chi connectivity index (χ4v) is 1.95. The summed E-state index contributed by atoms with van der Waals surface area (Å²) in [7, 11) is 0. The van der Waals surface area contributed by atoms with Crippen LogP contribution in [0.4, 0.5) is 0 Å². The summed E-state index contributed by atoms with van der Waals surface area (Å²) < 4.78 is 1.67. The molecule has 0 atom stereocenters. The first kappa shape index (κ1) is 19.8. The molecule has 0 amide bonds. The Morgan fingerprint density at radius 1 is 1.31 bits per heavy atom. The van der Waals surface area contributed by atoms with Crippen LogP contribution in [0.25, 0.3) is 0 Å². The van der Waals surface area contributed by atoms with E-state index in [-0.39, 0.29) is 37.2 Å². The third-order valence-corrected chi connectivity index (χ3v) is 3.12. The molecular weight excluding hydrogens is 306 g/mol. The van der Waals surface area contributed by atoms with Crippen LogP contribution in [0.1, 0.15) is 32.6 Å². The molecule has 0 heterocycles. The van der Waals surface area contributed by atoms with E-state index in [0.717, 1.165) is 0 Å². The quantitative estimate of drug-likeness (QED) is 0.486. The van der Waals surface area contributed by atoms with Gasteiger partial charge in [0.05, 0.1) is 0 Å². The molecule has 0 radical (unpaired) electrons. The fourth-order valence-electron chi connectivity index (χ4n) is 1.15. The summed E-state index contributed by atoms with van der Waals surface area (Å²) in [6.07, 6.45) is 9.82. The summed E-state index contributed by atoms with van der Waals surface area (Å²) >= 11 is 1.61. The molecule has 13 heavy (non-hydrogen) atoms. The second-order valence-corrected chi connectivity index (χ2v) is 4.20. The minimum absolute atomic E-state index is 0. The topological polar surface area (TPSA) is 0 Å². The van der Waals surface area contributed by atoms with Gasteiger partial charge in [-0.2, -0.15) is 0 Å². The van der Waals surface area contributed by atoms with Crippen molar-refractivity contribution in [1.29, 1.82) is 0 Å². The van der Waals surface area contributed by atoms with E-state index in [0.29, 0.717) is 0 Å². The van der Waals surface area contributed by atoms with Gasteiger partial charge in [0.15, 0.2) is 0 Å². The van der Waals surface area contributed by atoms with Crippen LogP contribution in [0.5, 0.6) is 0 Å². The van der Waals surface area contributed by atoms with Crippen molar-refractivity contribution in [3.63, 3.8) is 0 Å². The summed E-state index contributed by atoms with van der Waals surface area (Å²) in [4.78, 5) is 0. The average Bonchev–Trinajstić information content (AvgIpc) is 2.31. The number of unbranched alkanes of at least 4 members (excludes halogenated alkanes) is 1. The minimum Gasteiger partial charge on any atom is -1.00 e. The van der Waals surface area contributed by atoms with Gasteiger partial charge in [-0.3, -0.25) is 0 Å². The molecule has 4 heteroatoms. The van der Waals surface area contributed by atoms with Gasteiger partial charge in [0.25, 0.3) is 0 Å². The van der Waals surface area contributed by atoms with Crippen molar-refractivity contribution in [2.75, 3.05) is 0 Å². The molecule has 0 N–H and O–H groups in total. The maximum Gasteiger partial charge on any atom is -1.00 e. The zero-order chi connectivity index (χ0) is 7.40. The van der Waals surface area contributed by atoms with Crippen molar-refractivity contribution in [3.8, 4) is 0 Å². The van der Waals surface area contributed by atoms with Crippen LogP contribution in [-0.2, 0) is 24.7 Å². The van der Waals surface area contributed by atoms with Crippen LogP contribution in [-0.4, -0.2) is 0 Å². The minimum atomic E-state index is 0. The Kier molecular flexibility index (Phi) is 17.2. The molecule has 0 nitrogen and oxygen atoms in total. The standard InChI is InChI=1S/C9H13.3ClH.Zr/c1-2-3-6-9-7-4-5-8-9;;;;/h4,7H,2-3,5-6H2,1H3;3*1H;/q;;;;+3/p-3.